The van der Waals surface area contributed by atoms with Crippen molar-refractivity contribution in [1.29, 1.82) is 0 Å². The fourth-order valence-corrected chi connectivity index (χ4v) is 4.32. The smallest absolute Gasteiger partial charge is 0.324 e. The van der Waals surface area contributed by atoms with E-state index in [2.05, 4.69) is 5.32 Å². The first-order valence-corrected chi connectivity index (χ1v) is 12.1. The van der Waals surface area contributed by atoms with Crippen LogP contribution in [0.5, 0.6) is 5.75 Å². The fraction of sp³-hybridized carbons (Fsp3) is 0.393. The Morgan fingerprint density at radius 2 is 1.61 bits per heavy atom. The van der Waals surface area contributed by atoms with Crippen LogP contribution in [-0.4, -0.2) is 45.5 Å². The molecular formula is C28H34ClN3O4. The minimum atomic E-state index is -0.754. The highest BCUT2D eigenvalue weighted by Gasteiger charge is 2.35. The number of carbonyl (C=O) groups is 3. The molecule has 2 aromatic carbocycles. The fourth-order valence-electron chi connectivity index (χ4n) is 4.19. The van der Waals surface area contributed by atoms with Gasteiger partial charge >= 0.3 is 6.03 Å². The number of carbonyl (C=O) groups excluding carboxylic acids is 3. The van der Waals surface area contributed by atoms with Gasteiger partial charge in [0.1, 0.15) is 5.75 Å². The number of hydrogen-bond acceptors (Lipinski definition) is 4. The minimum Gasteiger partial charge on any atom is -0.497 e. The van der Waals surface area contributed by atoms with Crippen molar-refractivity contribution < 1.29 is 19.1 Å². The maximum atomic E-state index is 13.6. The van der Waals surface area contributed by atoms with E-state index in [1.807, 2.05) is 47.6 Å². The molecule has 1 heterocycles. The summed E-state index contributed by atoms with van der Waals surface area (Å²) in [5.74, 6) is -0.00482. The molecule has 3 rings (SSSR count). The van der Waals surface area contributed by atoms with Crippen molar-refractivity contribution in [2.45, 2.75) is 66.0 Å². The highest BCUT2D eigenvalue weighted by Crippen LogP contribution is 2.32. The summed E-state index contributed by atoms with van der Waals surface area (Å²) >= 11 is 6.01. The molecule has 0 aliphatic rings. The molecule has 0 saturated heterocycles. The molecule has 0 bridgehead atoms. The summed E-state index contributed by atoms with van der Waals surface area (Å²) in [6.07, 6.45) is -0.0643. The van der Waals surface area contributed by atoms with E-state index < -0.39 is 17.1 Å². The first kappa shape index (κ1) is 27.3. The zero-order valence-corrected chi connectivity index (χ0v) is 22.9. The Morgan fingerprint density at radius 3 is 2.14 bits per heavy atom. The Morgan fingerprint density at radius 1 is 1.00 bits per heavy atom. The van der Waals surface area contributed by atoms with Crippen LogP contribution in [-0.2, 0) is 11.2 Å². The number of rotatable bonds is 4. The molecular weight excluding hydrogens is 478 g/mol. The second-order valence-corrected chi connectivity index (χ2v) is 11.3. The van der Waals surface area contributed by atoms with Crippen molar-refractivity contribution in [2.75, 3.05) is 7.11 Å². The number of nitrogens with zero attached hydrogens (tertiary/aromatic N) is 2. The summed E-state index contributed by atoms with van der Waals surface area (Å²) in [6, 6.07) is 11.6. The lowest BCUT2D eigenvalue weighted by atomic mass is 10.0. The quantitative estimate of drug-likeness (QED) is 0.467. The zero-order valence-electron chi connectivity index (χ0n) is 22.2. The summed E-state index contributed by atoms with van der Waals surface area (Å²) < 4.78 is 7.01. The van der Waals surface area contributed by atoms with Crippen LogP contribution in [0, 0.1) is 6.92 Å². The van der Waals surface area contributed by atoms with Gasteiger partial charge in [-0.25, -0.2) is 4.79 Å². The summed E-state index contributed by atoms with van der Waals surface area (Å²) in [6.45, 7) is 12.8. The third-order valence-electron chi connectivity index (χ3n) is 5.77. The summed E-state index contributed by atoms with van der Waals surface area (Å²) in [4.78, 5) is 41.5. The first-order valence-electron chi connectivity index (χ1n) is 11.8. The standard InChI is InChI=1S/C28H34ClN3O4/c1-17-21(16-24(33)32(28(5,6)7)26(35)30-27(2,3)4)22-15-20(36-8)13-14-23(22)31(17)25(34)18-9-11-19(29)12-10-18/h9-15H,16H2,1-8H3,(H,30,35). The second-order valence-electron chi connectivity index (χ2n) is 10.9. The number of halogens is 1. The molecule has 7 nitrogen and oxygen atoms in total. The van der Waals surface area contributed by atoms with Gasteiger partial charge in [0.2, 0.25) is 5.91 Å². The molecule has 0 radical (unpaired) electrons. The molecule has 36 heavy (non-hydrogen) atoms. The van der Waals surface area contributed by atoms with Crippen LogP contribution in [0.3, 0.4) is 0 Å². The molecule has 1 aromatic heterocycles. The predicted molar refractivity (Wildman–Crippen MR) is 143 cm³/mol. The monoisotopic (exact) mass is 511 g/mol. The molecule has 3 aromatic rings. The van der Waals surface area contributed by atoms with Crippen molar-refractivity contribution in [3.05, 3.63) is 64.3 Å². The van der Waals surface area contributed by atoms with Gasteiger partial charge in [0, 0.05) is 32.7 Å². The van der Waals surface area contributed by atoms with E-state index in [0.29, 0.717) is 38.5 Å². The molecule has 192 valence electrons. The number of nitrogens with one attached hydrogen (secondary N) is 1. The zero-order chi connectivity index (χ0) is 27.0. The van der Waals surface area contributed by atoms with Crippen LogP contribution in [0.2, 0.25) is 5.02 Å². The van der Waals surface area contributed by atoms with E-state index in [9.17, 15) is 14.4 Å². The van der Waals surface area contributed by atoms with Gasteiger partial charge in [0.05, 0.1) is 19.0 Å². The van der Waals surface area contributed by atoms with E-state index >= 15 is 0 Å². The lowest BCUT2D eigenvalue weighted by molar-refractivity contribution is -0.131. The van der Waals surface area contributed by atoms with Crippen molar-refractivity contribution in [3.8, 4) is 5.75 Å². The number of amides is 3. The molecule has 8 heteroatoms. The number of fused-ring (bicyclic) bond motifs is 1. The molecule has 0 spiro atoms. The van der Waals surface area contributed by atoms with E-state index in [1.54, 1.807) is 55.0 Å². The largest absolute Gasteiger partial charge is 0.497 e. The highest BCUT2D eigenvalue weighted by atomic mass is 35.5. The Hall–Kier alpha value is -3.32. The van der Waals surface area contributed by atoms with Crippen LogP contribution in [0.4, 0.5) is 4.79 Å². The number of methoxy groups -OCH3 is 1. The lowest BCUT2D eigenvalue weighted by Crippen LogP contribution is -2.57. The number of urea groups is 1. The van der Waals surface area contributed by atoms with E-state index in [-0.39, 0.29) is 18.2 Å². The summed E-state index contributed by atoms with van der Waals surface area (Å²) in [5, 5.41) is 4.14. The van der Waals surface area contributed by atoms with Crippen molar-refractivity contribution >= 4 is 40.3 Å². The van der Waals surface area contributed by atoms with Crippen molar-refractivity contribution in [2.24, 2.45) is 0 Å². The molecule has 0 saturated carbocycles. The highest BCUT2D eigenvalue weighted by molar-refractivity contribution is 6.30. The number of benzene rings is 2. The maximum Gasteiger partial charge on any atom is 0.324 e. The van der Waals surface area contributed by atoms with E-state index in [0.717, 1.165) is 0 Å². The van der Waals surface area contributed by atoms with Crippen LogP contribution in [0.15, 0.2) is 42.5 Å². The van der Waals surface area contributed by atoms with Crippen molar-refractivity contribution in [1.82, 2.24) is 14.8 Å². The number of aromatic nitrogens is 1. The summed E-state index contributed by atoms with van der Waals surface area (Å²) in [7, 11) is 1.56. The molecule has 3 amide bonds. The Balaban J connectivity index is 2.12. The van der Waals surface area contributed by atoms with Gasteiger partial charge in [-0.05, 0) is 96.5 Å². The SMILES string of the molecule is COc1ccc2c(c1)c(CC(=O)N(C(=O)NC(C)(C)C)C(C)(C)C)c(C)n2C(=O)c1ccc(Cl)cc1. The van der Waals surface area contributed by atoms with Gasteiger partial charge in [-0.3, -0.25) is 19.1 Å². The molecule has 0 atom stereocenters. The number of imide groups is 1. The van der Waals surface area contributed by atoms with Gasteiger partial charge in [-0.2, -0.15) is 0 Å². The molecule has 0 unspecified atom stereocenters. The van der Waals surface area contributed by atoms with Gasteiger partial charge in [0.15, 0.2) is 0 Å². The van der Waals surface area contributed by atoms with Gasteiger partial charge in [0.25, 0.3) is 5.91 Å². The summed E-state index contributed by atoms with van der Waals surface area (Å²) in [5.41, 5.74) is 1.14. The molecule has 1 N–H and O–H groups in total. The van der Waals surface area contributed by atoms with Crippen LogP contribution < -0.4 is 10.1 Å². The number of hydrogen-bond donors (Lipinski definition) is 1. The van der Waals surface area contributed by atoms with Crippen LogP contribution in [0.25, 0.3) is 10.9 Å². The third-order valence-corrected chi connectivity index (χ3v) is 6.02. The lowest BCUT2D eigenvalue weighted by Gasteiger charge is -2.36. The Labute approximate surface area is 217 Å². The molecule has 0 aliphatic heterocycles. The first-order chi connectivity index (χ1) is 16.6. The third kappa shape index (κ3) is 5.73. The van der Waals surface area contributed by atoms with Gasteiger partial charge in [-0.15, -0.1) is 0 Å². The predicted octanol–water partition coefficient (Wildman–Crippen LogP) is 5.98. The Kier molecular flexibility index (Phi) is 7.55. The van der Waals surface area contributed by atoms with Crippen molar-refractivity contribution in [3.63, 3.8) is 0 Å². The normalized spacial score (nSPS) is 11.9. The van der Waals surface area contributed by atoms with E-state index in [1.165, 1.54) is 4.90 Å². The molecule has 0 aliphatic carbocycles. The Bertz CT molecular complexity index is 1310. The average Bonchev–Trinajstić information content (AvgIpc) is 3.02. The topological polar surface area (TPSA) is 80.6 Å². The van der Waals surface area contributed by atoms with Gasteiger partial charge in [-0.1, -0.05) is 11.6 Å². The average molecular weight is 512 g/mol. The molecule has 0 fully saturated rings. The van der Waals surface area contributed by atoms with E-state index in [4.69, 9.17) is 16.3 Å². The van der Waals surface area contributed by atoms with Gasteiger partial charge < -0.3 is 10.1 Å². The maximum absolute atomic E-state index is 13.6. The van der Waals surface area contributed by atoms with Crippen LogP contribution in [0.1, 0.15) is 63.2 Å². The number of ether oxygens (including phenoxy) is 1. The second kappa shape index (κ2) is 9.97. The minimum absolute atomic E-state index is 0.0643. The van der Waals surface area contributed by atoms with Crippen LogP contribution >= 0.6 is 11.6 Å².